The third-order valence-electron chi connectivity index (χ3n) is 5.66. The van der Waals surface area contributed by atoms with E-state index in [1.54, 1.807) is 37.3 Å². The first kappa shape index (κ1) is 21.9. The Morgan fingerprint density at radius 2 is 1.72 bits per heavy atom. The van der Waals surface area contributed by atoms with Crippen molar-refractivity contribution in [3.05, 3.63) is 30.0 Å². The minimum Gasteiger partial charge on any atom is -0.497 e. The van der Waals surface area contributed by atoms with Gasteiger partial charge < -0.3 is 34.2 Å². The maximum absolute atomic E-state index is 12.8. The van der Waals surface area contributed by atoms with Gasteiger partial charge in [0.25, 0.3) is 0 Å². The van der Waals surface area contributed by atoms with Crippen LogP contribution in [0.4, 0.5) is 22.2 Å². The predicted octanol–water partition coefficient (Wildman–Crippen LogP) is 1.99. The number of hydrogen-bond acceptors (Lipinski definition) is 8. The molecule has 0 radical (unpaired) electrons. The highest BCUT2D eigenvalue weighted by Crippen LogP contribution is 2.29. The fraction of sp³-hybridized carbons (Fsp3) is 0.500. The molecule has 3 heterocycles. The summed E-state index contributed by atoms with van der Waals surface area (Å²) in [4.78, 5) is 28.4. The topological polar surface area (TPSA) is 92.3 Å². The Labute approximate surface area is 188 Å². The zero-order chi connectivity index (χ0) is 22.5. The SMILES string of the molecule is COc1ccc(OC)c(NC(=O)N2CCN(c3nc(C)cc(N4CCOCC4)n3)CC2)c1. The summed E-state index contributed by atoms with van der Waals surface area (Å²) < 4.78 is 16.1. The molecular formula is C22H30N6O4. The second kappa shape index (κ2) is 9.90. The summed E-state index contributed by atoms with van der Waals surface area (Å²) >= 11 is 0. The van der Waals surface area contributed by atoms with Crippen LogP contribution in [0.3, 0.4) is 0 Å². The highest BCUT2D eigenvalue weighted by Gasteiger charge is 2.24. The fourth-order valence-corrected chi connectivity index (χ4v) is 3.85. The number of methoxy groups -OCH3 is 2. The van der Waals surface area contributed by atoms with E-state index in [4.69, 9.17) is 19.2 Å². The second-order valence-corrected chi connectivity index (χ2v) is 7.74. The van der Waals surface area contributed by atoms with Gasteiger partial charge in [-0.05, 0) is 19.1 Å². The molecule has 2 aliphatic rings. The van der Waals surface area contributed by atoms with Crippen LogP contribution in [0.5, 0.6) is 11.5 Å². The molecule has 1 N–H and O–H groups in total. The van der Waals surface area contributed by atoms with E-state index in [2.05, 4.69) is 20.1 Å². The molecule has 32 heavy (non-hydrogen) atoms. The molecule has 1 aromatic heterocycles. The van der Waals surface area contributed by atoms with Gasteiger partial charge in [-0.2, -0.15) is 4.98 Å². The molecule has 0 bridgehead atoms. The number of rotatable bonds is 5. The Hall–Kier alpha value is -3.27. The van der Waals surface area contributed by atoms with E-state index in [0.717, 1.165) is 24.6 Å². The maximum Gasteiger partial charge on any atom is 0.322 e. The van der Waals surface area contributed by atoms with Gasteiger partial charge in [0.05, 0.1) is 33.1 Å². The molecule has 2 aliphatic heterocycles. The van der Waals surface area contributed by atoms with E-state index in [1.165, 1.54) is 0 Å². The molecule has 2 aromatic rings. The number of urea groups is 1. The lowest BCUT2D eigenvalue weighted by Crippen LogP contribution is -2.50. The lowest BCUT2D eigenvalue weighted by atomic mass is 10.2. The summed E-state index contributed by atoms with van der Waals surface area (Å²) in [5.41, 5.74) is 1.51. The molecule has 2 fully saturated rings. The standard InChI is InChI=1S/C22H30N6O4/c1-16-14-20(26-10-12-32-13-11-26)25-21(23-16)27-6-8-28(9-7-27)22(29)24-18-15-17(30-2)4-5-19(18)31-3/h4-5,14-15H,6-13H2,1-3H3,(H,24,29). The van der Waals surface area contributed by atoms with Gasteiger partial charge in [0.15, 0.2) is 0 Å². The van der Waals surface area contributed by atoms with Gasteiger partial charge in [-0.3, -0.25) is 0 Å². The number of carbonyl (C=O) groups is 1. The molecular weight excluding hydrogens is 412 g/mol. The van der Waals surface area contributed by atoms with Crippen molar-refractivity contribution in [1.82, 2.24) is 14.9 Å². The summed E-state index contributed by atoms with van der Waals surface area (Å²) in [6.07, 6.45) is 0. The number of aromatic nitrogens is 2. The Bertz CT molecular complexity index is 942. The fourth-order valence-electron chi connectivity index (χ4n) is 3.85. The number of aryl methyl sites for hydroxylation is 1. The van der Waals surface area contributed by atoms with Crippen molar-refractivity contribution in [3.63, 3.8) is 0 Å². The van der Waals surface area contributed by atoms with E-state index in [1.807, 2.05) is 13.0 Å². The van der Waals surface area contributed by atoms with Crippen LogP contribution >= 0.6 is 0 Å². The van der Waals surface area contributed by atoms with Crippen molar-refractivity contribution < 1.29 is 19.0 Å². The van der Waals surface area contributed by atoms with E-state index in [0.29, 0.717) is 62.5 Å². The van der Waals surface area contributed by atoms with Gasteiger partial charge in [0.1, 0.15) is 17.3 Å². The minimum atomic E-state index is -0.171. The molecule has 1 aromatic carbocycles. The summed E-state index contributed by atoms with van der Waals surface area (Å²) in [5, 5.41) is 2.94. The van der Waals surface area contributed by atoms with Crippen LogP contribution in [0, 0.1) is 6.92 Å². The average molecular weight is 443 g/mol. The first-order chi connectivity index (χ1) is 15.6. The van der Waals surface area contributed by atoms with Gasteiger partial charge in [0.2, 0.25) is 5.95 Å². The van der Waals surface area contributed by atoms with Crippen molar-refractivity contribution in [2.45, 2.75) is 6.92 Å². The zero-order valence-electron chi connectivity index (χ0n) is 18.8. The number of carbonyl (C=O) groups excluding carboxylic acids is 1. The summed E-state index contributed by atoms with van der Waals surface area (Å²) in [5.74, 6) is 2.88. The number of hydrogen-bond donors (Lipinski definition) is 1. The third-order valence-corrected chi connectivity index (χ3v) is 5.66. The van der Waals surface area contributed by atoms with Gasteiger partial charge >= 0.3 is 6.03 Å². The van der Waals surface area contributed by atoms with E-state index in [-0.39, 0.29) is 6.03 Å². The Morgan fingerprint density at radius 3 is 2.41 bits per heavy atom. The molecule has 0 saturated carbocycles. The molecule has 0 spiro atoms. The Morgan fingerprint density at radius 1 is 0.969 bits per heavy atom. The van der Waals surface area contributed by atoms with Crippen LogP contribution in [0.25, 0.3) is 0 Å². The van der Waals surface area contributed by atoms with Crippen molar-refractivity contribution in [2.75, 3.05) is 81.8 Å². The number of morpholine rings is 1. The molecule has 10 nitrogen and oxygen atoms in total. The molecule has 2 amide bonds. The number of ether oxygens (including phenoxy) is 3. The van der Waals surface area contributed by atoms with Crippen LogP contribution in [-0.4, -0.2) is 87.6 Å². The van der Waals surface area contributed by atoms with Crippen LogP contribution in [0.2, 0.25) is 0 Å². The number of anilines is 3. The smallest absolute Gasteiger partial charge is 0.322 e. The first-order valence-corrected chi connectivity index (χ1v) is 10.8. The lowest BCUT2D eigenvalue weighted by molar-refractivity contribution is 0.122. The quantitative estimate of drug-likeness (QED) is 0.752. The van der Waals surface area contributed by atoms with Crippen LogP contribution in [0.15, 0.2) is 24.3 Å². The largest absolute Gasteiger partial charge is 0.497 e. The molecule has 0 unspecified atom stereocenters. The summed E-state index contributed by atoms with van der Waals surface area (Å²) in [6.45, 7) is 7.54. The zero-order valence-corrected chi connectivity index (χ0v) is 18.8. The predicted molar refractivity (Wildman–Crippen MR) is 122 cm³/mol. The van der Waals surface area contributed by atoms with Crippen LogP contribution < -0.4 is 24.6 Å². The van der Waals surface area contributed by atoms with Crippen molar-refractivity contribution in [3.8, 4) is 11.5 Å². The van der Waals surface area contributed by atoms with Gasteiger partial charge in [-0.1, -0.05) is 0 Å². The Balaban J connectivity index is 1.39. The van der Waals surface area contributed by atoms with E-state index >= 15 is 0 Å². The van der Waals surface area contributed by atoms with Crippen LogP contribution in [0.1, 0.15) is 5.69 Å². The summed E-state index contributed by atoms with van der Waals surface area (Å²) in [6, 6.07) is 7.16. The number of nitrogens with zero attached hydrogens (tertiary/aromatic N) is 5. The maximum atomic E-state index is 12.8. The Kier molecular flexibility index (Phi) is 6.79. The minimum absolute atomic E-state index is 0.171. The number of nitrogens with one attached hydrogen (secondary N) is 1. The van der Waals surface area contributed by atoms with E-state index < -0.39 is 0 Å². The number of piperazine rings is 1. The van der Waals surface area contributed by atoms with Gasteiger partial charge in [-0.25, -0.2) is 9.78 Å². The third kappa shape index (κ3) is 4.96. The normalized spacial score (nSPS) is 16.7. The van der Waals surface area contributed by atoms with E-state index in [9.17, 15) is 4.79 Å². The number of benzene rings is 1. The van der Waals surface area contributed by atoms with Crippen molar-refractivity contribution in [2.24, 2.45) is 0 Å². The highest BCUT2D eigenvalue weighted by molar-refractivity contribution is 5.91. The molecule has 172 valence electrons. The second-order valence-electron chi connectivity index (χ2n) is 7.74. The highest BCUT2D eigenvalue weighted by atomic mass is 16.5. The molecule has 2 saturated heterocycles. The molecule has 0 aliphatic carbocycles. The van der Waals surface area contributed by atoms with Crippen LogP contribution in [-0.2, 0) is 4.74 Å². The number of amides is 2. The first-order valence-electron chi connectivity index (χ1n) is 10.8. The summed E-state index contributed by atoms with van der Waals surface area (Å²) in [7, 11) is 3.16. The monoisotopic (exact) mass is 442 g/mol. The van der Waals surface area contributed by atoms with Gasteiger partial charge in [-0.15, -0.1) is 0 Å². The molecule has 0 atom stereocenters. The molecule has 4 rings (SSSR count). The molecule has 10 heteroatoms. The lowest BCUT2D eigenvalue weighted by Gasteiger charge is -2.35. The average Bonchev–Trinajstić information content (AvgIpc) is 2.84. The van der Waals surface area contributed by atoms with Crippen molar-refractivity contribution in [1.29, 1.82) is 0 Å². The van der Waals surface area contributed by atoms with Crippen molar-refractivity contribution >= 4 is 23.5 Å². The van der Waals surface area contributed by atoms with Gasteiger partial charge in [0, 0.05) is 57.1 Å².